The SMILES string of the molecule is CN=C(NCC(=O)NCc1ccc(OC)cc1)NC1CCN(c2ncccc2F)C1. The molecule has 0 radical (unpaired) electrons. The van der Waals surface area contributed by atoms with Gasteiger partial charge in [-0.1, -0.05) is 12.1 Å². The van der Waals surface area contributed by atoms with Gasteiger partial charge in [0.2, 0.25) is 5.91 Å². The molecule has 1 fully saturated rings. The first kappa shape index (κ1) is 21.4. The molecule has 1 aromatic heterocycles. The van der Waals surface area contributed by atoms with Crippen molar-refractivity contribution in [2.24, 2.45) is 4.99 Å². The number of guanidine groups is 1. The van der Waals surface area contributed by atoms with Gasteiger partial charge in [-0.3, -0.25) is 9.79 Å². The maximum Gasteiger partial charge on any atom is 0.239 e. The van der Waals surface area contributed by atoms with E-state index in [-0.39, 0.29) is 24.3 Å². The largest absolute Gasteiger partial charge is 0.497 e. The van der Waals surface area contributed by atoms with Crippen LogP contribution in [0.4, 0.5) is 10.2 Å². The maximum atomic E-state index is 13.9. The number of ether oxygens (including phenoxy) is 1. The predicted octanol–water partition coefficient (Wildman–Crippen LogP) is 1.29. The van der Waals surface area contributed by atoms with E-state index in [1.165, 1.54) is 6.07 Å². The number of hydrogen-bond acceptors (Lipinski definition) is 5. The van der Waals surface area contributed by atoms with Crippen LogP contribution in [0.15, 0.2) is 47.6 Å². The second-order valence-electron chi connectivity index (χ2n) is 6.94. The molecule has 1 atom stereocenters. The van der Waals surface area contributed by atoms with Crippen molar-refractivity contribution in [2.45, 2.75) is 19.0 Å². The van der Waals surface area contributed by atoms with E-state index in [1.807, 2.05) is 29.2 Å². The normalized spacial score (nSPS) is 16.3. The number of carbonyl (C=O) groups excluding carboxylic acids is 1. The summed E-state index contributed by atoms with van der Waals surface area (Å²) >= 11 is 0. The Labute approximate surface area is 175 Å². The van der Waals surface area contributed by atoms with Crippen molar-refractivity contribution < 1.29 is 13.9 Å². The Kier molecular flexibility index (Phi) is 7.42. The highest BCUT2D eigenvalue weighted by Crippen LogP contribution is 2.20. The van der Waals surface area contributed by atoms with Crippen LogP contribution in [0.3, 0.4) is 0 Å². The van der Waals surface area contributed by atoms with Crippen LogP contribution in [0.25, 0.3) is 0 Å². The molecule has 1 aromatic carbocycles. The summed E-state index contributed by atoms with van der Waals surface area (Å²) in [5.41, 5.74) is 0.986. The van der Waals surface area contributed by atoms with Crippen LogP contribution in [0, 0.1) is 5.82 Å². The topological polar surface area (TPSA) is 90.9 Å². The molecular formula is C21H27FN6O2. The fraction of sp³-hybridized carbons (Fsp3) is 0.381. The molecule has 1 saturated heterocycles. The molecule has 1 unspecified atom stereocenters. The second kappa shape index (κ2) is 10.4. The summed E-state index contributed by atoms with van der Waals surface area (Å²) in [5, 5.41) is 9.16. The number of methoxy groups -OCH3 is 1. The van der Waals surface area contributed by atoms with E-state index < -0.39 is 0 Å². The summed E-state index contributed by atoms with van der Waals surface area (Å²) in [5.74, 6) is 1.20. The highest BCUT2D eigenvalue weighted by atomic mass is 19.1. The summed E-state index contributed by atoms with van der Waals surface area (Å²) < 4.78 is 19.1. The Bertz CT molecular complexity index is 874. The third-order valence-corrected chi connectivity index (χ3v) is 4.86. The number of benzene rings is 1. The zero-order chi connectivity index (χ0) is 21.3. The lowest BCUT2D eigenvalue weighted by atomic mass is 10.2. The van der Waals surface area contributed by atoms with Crippen LogP contribution in [-0.4, -0.2) is 56.7 Å². The van der Waals surface area contributed by atoms with Gasteiger partial charge in [-0.05, 0) is 36.2 Å². The molecule has 2 heterocycles. The number of nitrogens with one attached hydrogen (secondary N) is 3. The predicted molar refractivity (Wildman–Crippen MR) is 114 cm³/mol. The van der Waals surface area contributed by atoms with Crippen LogP contribution in [0.5, 0.6) is 5.75 Å². The third kappa shape index (κ3) is 5.82. The lowest BCUT2D eigenvalue weighted by Gasteiger charge is -2.19. The Hall–Kier alpha value is -3.36. The molecule has 0 saturated carbocycles. The van der Waals surface area contributed by atoms with E-state index in [4.69, 9.17) is 4.74 Å². The van der Waals surface area contributed by atoms with Crippen molar-refractivity contribution in [1.29, 1.82) is 0 Å². The second-order valence-corrected chi connectivity index (χ2v) is 6.94. The van der Waals surface area contributed by atoms with E-state index >= 15 is 0 Å². The van der Waals surface area contributed by atoms with Crippen LogP contribution >= 0.6 is 0 Å². The quantitative estimate of drug-likeness (QED) is 0.467. The number of aliphatic imine (C=N–C) groups is 1. The number of carbonyl (C=O) groups is 1. The van der Waals surface area contributed by atoms with E-state index in [0.717, 1.165) is 17.7 Å². The van der Waals surface area contributed by atoms with Crippen molar-refractivity contribution in [2.75, 3.05) is 38.7 Å². The number of nitrogens with zero attached hydrogens (tertiary/aromatic N) is 3. The number of anilines is 1. The molecular weight excluding hydrogens is 387 g/mol. The average Bonchev–Trinajstić information content (AvgIpc) is 3.24. The zero-order valence-electron chi connectivity index (χ0n) is 17.2. The van der Waals surface area contributed by atoms with Gasteiger partial charge in [0.25, 0.3) is 0 Å². The van der Waals surface area contributed by atoms with Crippen LogP contribution in [-0.2, 0) is 11.3 Å². The summed E-state index contributed by atoms with van der Waals surface area (Å²) in [6.07, 6.45) is 2.41. The van der Waals surface area contributed by atoms with E-state index in [9.17, 15) is 9.18 Å². The fourth-order valence-corrected chi connectivity index (χ4v) is 3.24. The van der Waals surface area contributed by atoms with Crippen molar-refractivity contribution in [1.82, 2.24) is 20.9 Å². The number of halogens is 1. The maximum absolute atomic E-state index is 13.9. The molecule has 9 heteroatoms. The van der Waals surface area contributed by atoms with Gasteiger partial charge in [0.05, 0.1) is 13.7 Å². The van der Waals surface area contributed by atoms with Gasteiger partial charge in [0.1, 0.15) is 5.75 Å². The van der Waals surface area contributed by atoms with Gasteiger partial charge < -0.3 is 25.6 Å². The number of aromatic nitrogens is 1. The Balaban J connectivity index is 1.41. The molecule has 8 nitrogen and oxygen atoms in total. The standard InChI is InChI=1S/C21H27FN6O2/c1-23-21(26-13-19(29)25-12-15-5-7-17(30-2)8-6-15)27-16-9-11-28(14-16)20-18(22)4-3-10-24-20/h3-8,10,16H,9,11-14H2,1-2H3,(H,25,29)(H2,23,26,27). The highest BCUT2D eigenvalue weighted by Gasteiger charge is 2.26. The number of hydrogen-bond donors (Lipinski definition) is 3. The summed E-state index contributed by atoms with van der Waals surface area (Å²) in [4.78, 5) is 22.3. The van der Waals surface area contributed by atoms with Crippen molar-refractivity contribution >= 4 is 17.7 Å². The highest BCUT2D eigenvalue weighted by molar-refractivity contribution is 5.86. The summed E-state index contributed by atoms with van der Waals surface area (Å²) in [6.45, 7) is 1.84. The van der Waals surface area contributed by atoms with Gasteiger partial charge >= 0.3 is 0 Å². The molecule has 1 aliphatic rings. The van der Waals surface area contributed by atoms with Gasteiger partial charge in [-0.25, -0.2) is 9.37 Å². The lowest BCUT2D eigenvalue weighted by Crippen LogP contribution is -2.47. The molecule has 0 spiro atoms. The van der Waals surface area contributed by atoms with Crippen molar-refractivity contribution in [3.8, 4) is 5.75 Å². The molecule has 3 rings (SSSR count). The molecule has 0 aliphatic carbocycles. The minimum Gasteiger partial charge on any atom is -0.497 e. The molecule has 1 amide bonds. The number of amides is 1. The lowest BCUT2D eigenvalue weighted by molar-refractivity contribution is -0.120. The first-order chi connectivity index (χ1) is 14.6. The van der Waals surface area contributed by atoms with Gasteiger partial charge in [0.15, 0.2) is 17.6 Å². The first-order valence-corrected chi connectivity index (χ1v) is 9.81. The minimum absolute atomic E-state index is 0.0833. The Morgan fingerprint density at radius 1 is 1.30 bits per heavy atom. The average molecular weight is 414 g/mol. The summed E-state index contributed by atoms with van der Waals surface area (Å²) in [6, 6.07) is 10.6. The molecule has 30 heavy (non-hydrogen) atoms. The van der Waals surface area contributed by atoms with Gasteiger partial charge in [-0.15, -0.1) is 0 Å². The summed E-state index contributed by atoms with van der Waals surface area (Å²) in [7, 11) is 3.26. The number of rotatable bonds is 7. The number of pyridine rings is 1. The van der Waals surface area contributed by atoms with Crippen LogP contribution in [0.2, 0.25) is 0 Å². The van der Waals surface area contributed by atoms with Gasteiger partial charge in [-0.2, -0.15) is 0 Å². The molecule has 160 valence electrons. The van der Waals surface area contributed by atoms with Crippen LogP contribution < -0.4 is 25.6 Å². The van der Waals surface area contributed by atoms with Crippen LogP contribution in [0.1, 0.15) is 12.0 Å². The monoisotopic (exact) mass is 414 g/mol. The van der Waals surface area contributed by atoms with Crippen molar-refractivity contribution in [3.63, 3.8) is 0 Å². The minimum atomic E-state index is -0.325. The Morgan fingerprint density at radius 2 is 2.10 bits per heavy atom. The van der Waals surface area contributed by atoms with E-state index in [0.29, 0.717) is 31.4 Å². The van der Waals surface area contributed by atoms with E-state index in [2.05, 4.69) is 25.9 Å². The van der Waals surface area contributed by atoms with Gasteiger partial charge in [0, 0.05) is 38.9 Å². The molecule has 1 aliphatic heterocycles. The van der Waals surface area contributed by atoms with Crippen molar-refractivity contribution in [3.05, 3.63) is 54.0 Å². The smallest absolute Gasteiger partial charge is 0.239 e. The first-order valence-electron chi connectivity index (χ1n) is 9.81. The molecule has 0 bridgehead atoms. The fourth-order valence-electron chi connectivity index (χ4n) is 3.24. The molecule has 2 aromatic rings. The van der Waals surface area contributed by atoms with E-state index in [1.54, 1.807) is 26.4 Å². The Morgan fingerprint density at radius 3 is 2.80 bits per heavy atom. The molecule has 3 N–H and O–H groups in total. The third-order valence-electron chi connectivity index (χ3n) is 4.86. The zero-order valence-corrected chi connectivity index (χ0v) is 17.2.